The number of carboxylic acids is 1. The molecule has 4 nitrogen and oxygen atoms in total. The molecule has 1 amide bonds. The van der Waals surface area contributed by atoms with Crippen molar-refractivity contribution in [3.05, 3.63) is 35.4 Å². The third-order valence-corrected chi connectivity index (χ3v) is 3.35. The summed E-state index contributed by atoms with van der Waals surface area (Å²) in [5.74, 6) is -0.901. The molecule has 1 N–H and O–H groups in total. The normalized spacial score (nSPS) is 18.9. The van der Waals surface area contributed by atoms with Gasteiger partial charge in [-0.3, -0.25) is 9.59 Å². The van der Waals surface area contributed by atoms with Crippen LogP contribution in [-0.4, -0.2) is 34.5 Å². The van der Waals surface area contributed by atoms with Gasteiger partial charge < -0.3 is 10.0 Å². The number of rotatable bonds is 3. The number of carbonyl (C=O) groups excluding carboxylic acids is 1. The third kappa shape index (κ3) is 2.70. The van der Waals surface area contributed by atoms with Crippen molar-refractivity contribution in [1.82, 2.24) is 4.90 Å². The van der Waals surface area contributed by atoms with Gasteiger partial charge in [0, 0.05) is 18.2 Å². The van der Waals surface area contributed by atoms with Crippen LogP contribution in [0.15, 0.2) is 24.3 Å². The first kappa shape index (κ1) is 12.6. The number of aryl methyl sites for hydroxylation is 1. The van der Waals surface area contributed by atoms with Gasteiger partial charge >= 0.3 is 5.97 Å². The van der Waals surface area contributed by atoms with E-state index >= 15 is 0 Å². The molecular weight excluding hydrogens is 230 g/mol. The van der Waals surface area contributed by atoms with Crippen molar-refractivity contribution in [1.29, 1.82) is 0 Å². The van der Waals surface area contributed by atoms with Gasteiger partial charge in [0.05, 0.1) is 6.42 Å². The lowest BCUT2D eigenvalue weighted by molar-refractivity contribution is -0.137. The summed E-state index contributed by atoms with van der Waals surface area (Å²) in [5.41, 5.74) is 1.74. The number of benzene rings is 1. The molecule has 2 rings (SSSR count). The molecule has 1 unspecified atom stereocenters. The summed E-state index contributed by atoms with van der Waals surface area (Å²) in [6, 6.07) is 7.24. The van der Waals surface area contributed by atoms with Gasteiger partial charge in [0.25, 0.3) is 5.91 Å². The summed E-state index contributed by atoms with van der Waals surface area (Å²) in [4.78, 5) is 24.7. The number of hydrogen-bond donors (Lipinski definition) is 1. The van der Waals surface area contributed by atoms with Gasteiger partial charge in [-0.05, 0) is 31.9 Å². The van der Waals surface area contributed by atoms with Crippen LogP contribution in [0, 0.1) is 6.92 Å². The van der Waals surface area contributed by atoms with Crippen LogP contribution < -0.4 is 0 Å². The van der Waals surface area contributed by atoms with Crippen molar-refractivity contribution in [3.8, 4) is 0 Å². The molecule has 1 heterocycles. The second-order valence-electron chi connectivity index (χ2n) is 4.76. The molecule has 18 heavy (non-hydrogen) atoms. The van der Waals surface area contributed by atoms with Crippen LogP contribution in [0.2, 0.25) is 0 Å². The van der Waals surface area contributed by atoms with Crippen LogP contribution in [-0.2, 0) is 4.79 Å². The molecule has 1 atom stereocenters. The van der Waals surface area contributed by atoms with E-state index in [0.717, 1.165) is 18.4 Å². The van der Waals surface area contributed by atoms with Crippen LogP contribution in [0.3, 0.4) is 0 Å². The highest BCUT2D eigenvalue weighted by Gasteiger charge is 2.30. The lowest BCUT2D eigenvalue weighted by Crippen LogP contribution is -2.36. The van der Waals surface area contributed by atoms with Crippen molar-refractivity contribution in [2.75, 3.05) is 6.54 Å². The number of carbonyl (C=O) groups is 2. The smallest absolute Gasteiger partial charge is 0.305 e. The van der Waals surface area contributed by atoms with Gasteiger partial charge in [-0.2, -0.15) is 0 Å². The van der Waals surface area contributed by atoms with E-state index in [1.165, 1.54) is 0 Å². The zero-order chi connectivity index (χ0) is 13.1. The van der Waals surface area contributed by atoms with E-state index < -0.39 is 5.97 Å². The van der Waals surface area contributed by atoms with E-state index in [2.05, 4.69) is 0 Å². The Bertz CT molecular complexity index is 453. The molecule has 0 aliphatic carbocycles. The Hall–Kier alpha value is -1.84. The molecule has 1 aromatic carbocycles. The SMILES string of the molecule is Cc1ccc(C(=O)N2CCCC2CC(=O)O)cc1. The first-order valence-corrected chi connectivity index (χ1v) is 6.17. The van der Waals surface area contributed by atoms with Gasteiger partial charge in [0.1, 0.15) is 0 Å². The Morgan fingerprint density at radius 1 is 1.33 bits per heavy atom. The van der Waals surface area contributed by atoms with Gasteiger partial charge in [0.15, 0.2) is 0 Å². The van der Waals surface area contributed by atoms with Crippen molar-refractivity contribution in [3.63, 3.8) is 0 Å². The van der Waals surface area contributed by atoms with Crippen LogP contribution in [0.4, 0.5) is 0 Å². The summed E-state index contributed by atoms with van der Waals surface area (Å²) in [5, 5.41) is 8.84. The summed E-state index contributed by atoms with van der Waals surface area (Å²) in [6.45, 7) is 2.63. The Morgan fingerprint density at radius 3 is 2.61 bits per heavy atom. The average molecular weight is 247 g/mol. The highest BCUT2D eigenvalue weighted by molar-refractivity contribution is 5.94. The Labute approximate surface area is 106 Å². The van der Waals surface area contributed by atoms with E-state index in [-0.39, 0.29) is 18.4 Å². The number of nitrogens with zero attached hydrogens (tertiary/aromatic N) is 1. The zero-order valence-corrected chi connectivity index (χ0v) is 10.4. The number of aliphatic carboxylic acids is 1. The minimum Gasteiger partial charge on any atom is -0.481 e. The van der Waals surface area contributed by atoms with Crippen molar-refractivity contribution in [2.24, 2.45) is 0 Å². The maximum absolute atomic E-state index is 12.3. The predicted octanol–water partition coefficient (Wildman–Crippen LogP) is 2.07. The molecule has 1 aliphatic rings. The predicted molar refractivity (Wildman–Crippen MR) is 67.5 cm³/mol. The molecule has 4 heteroatoms. The number of likely N-dealkylation sites (tertiary alicyclic amines) is 1. The summed E-state index contributed by atoms with van der Waals surface area (Å²) < 4.78 is 0. The molecule has 0 spiro atoms. The van der Waals surface area contributed by atoms with Gasteiger partial charge in [-0.25, -0.2) is 0 Å². The van der Waals surface area contributed by atoms with Crippen molar-refractivity contribution in [2.45, 2.75) is 32.2 Å². The summed E-state index contributed by atoms with van der Waals surface area (Å²) >= 11 is 0. The van der Waals surface area contributed by atoms with E-state index in [4.69, 9.17) is 5.11 Å². The first-order valence-electron chi connectivity index (χ1n) is 6.17. The van der Waals surface area contributed by atoms with Gasteiger partial charge in [-0.15, -0.1) is 0 Å². The fourth-order valence-electron chi connectivity index (χ4n) is 2.38. The fourth-order valence-corrected chi connectivity index (χ4v) is 2.38. The number of carboxylic acid groups (broad SMARTS) is 1. The Kier molecular flexibility index (Phi) is 3.65. The topological polar surface area (TPSA) is 57.6 Å². The molecule has 1 aliphatic heterocycles. The largest absolute Gasteiger partial charge is 0.481 e. The van der Waals surface area contributed by atoms with Crippen molar-refractivity contribution >= 4 is 11.9 Å². The van der Waals surface area contributed by atoms with Gasteiger partial charge in [0.2, 0.25) is 0 Å². The van der Waals surface area contributed by atoms with E-state index in [0.29, 0.717) is 12.1 Å². The summed E-state index contributed by atoms with van der Waals surface area (Å²) in [7, 11) is 0. The van der Waals surface area contributed by atoms with Crippen LogP contribution in [0.25, 0.3) is 0 Å². The molecule has 1 saturated heterocycles. The monoisotopic (exact) mass is 247 g/mol. The highest BCUT2D eigenvalue weighted by atomic mass is 16.4. The molecular formula is C14H17NO3. The molecule has 96 valence electrons. The number of hydrogen-bond acceptors (Lipinski definition) is 2. The fraction of sp³-hybridized carbons (Fsp3) is 0.429. The Morgan fingerprint density at radius 2 is 2.00 bits per heavy atom. The van der Waals surface area contributed by atoms with Gasteiger partial charge in [-0.1, -0.05) is 17.7 Å². The lowest BCUT2D eigenvalue weighted by Gasteiger charge is -2.23. The zero-order valence-electron chi connectivity index (χ0n) is 10.4. The highest BCUT2D eigenvalue weighted by Crippen LogP contribution is 2.22. The van der Waals surface area contributed by atoms with Crippen LogP contribution >= 0.6 is 0 Å². The second kappa shape index (κ2) is 5.21. The maximum atomic E-state index is 12.3. The van der Waals surface area contributed by atoms with E-state index in [1.807, 2.05) is 19.1 Å². The van der Waals surface area contributed by atoms with Crippen molar-refractivity contribution < 1.29 is 14.7 Å². The molecule has 0 saturated carbocycles. The lowest BCUT2D eigenvalue weighted by atomic mass is 10.1. The minimum atomic E-state index is -0.844. The molecule has 1 fully saturated rings. The molecule has 0 bridgehead atoms. The van der Waals surface area contributed by atoms with E-state index in [1.54, 1.807) is 17.0 Å². The average Bonchev–Trinajstić information content (AvgIpc) is 2.76. The minimum absolute atomic E-state index is 0.0393. The standard InChI is InChI=1S/C14H17NO3/c1-10-4-6-11(7-5-10)14(18)15-8-2-3-12(15)9-13(16)17/h4-7,12H,2-3,8-9H2,1H3,(H,16,17). The summed E-state index contributed by atoms with van der Waals surface area (Å²) in [6.07, 6.45) is 1.71. The third-order valence-electron chi connectivity index (χ3n) is 3.35. The molecule has 0 radical (unpaired) electrons. The maximum Gasteiger partial charge on any atom is 0.305 e. The molecule has 0 aromatic heterocycles. The number of amides is 1. The van der Waals surface area contributed by atoms with E-state index in [9.17, 15) is 9.59 Å². The van der Waals surface area contributed by atoms with Crippen LogP contribution in [0.1, 0.15) is 35.2 Å². The molecule has 1 aromatic rings. The second-order valence-corrected chi connectivity index (χ2v) is 4.76. The van der Waals surface area contributed by atoms with Crippen LogP contribution in [0.5, 0.6) is 0 Å². The Balaban J connectivity index is 2.12. The first-order chi connectivity index (χ1) is 8.58. The quantitative estimate of drug-likeness (QED) is 0.889.